The van der Waals surface area contributed by atoms with Gasteiger partial charge in [0, 0.05) is 6.08 Å². The Bertz CT molecular complexity index is 145. The van der Waals surface area contributed by atoms with Crippen molar-refractivity contribution in [1.82, 2.24) is 0 Å². The van der Waals surface area contributed by atoms with Crippen molar-refractivity contribution < 1.29 is 9.53 Å². The maximum atomic E-state index is 10.7. The predicted octanol–water partition coefficient (Wildman–Crippen LogP) is 2.59. The first kappa shape index (κ1) is 11.6. The van der Waals surface area contributed by atoms with Crippen LogP contribution in [0.4, 0.5) is 0 Å². The summed E-state index contributed by atoms with van der Waals surface area (Å²) in [4.78, 5) is 10.7. The zero-order chi connectivity index (χ0) is 9.40. The van der Waals surface area contributed by atoms with Crippen molar-refractivity contribution >= 4 is 17.7 Å². The van der Waals surface area contributed by atoms with E-state index in [1.807, 2.05) is 6.92 Å². The molecule has 70 valence electrons. The van der Waals surface area contributed by atoms with E-state index in [9.17, 15) is 4.79 Å². The molecule has 0 amide bonds. The Hall–Kier alpha value is -0.440. The minimum atomic E-state index is -0.341. The molecule has 3 heteroatoms. The van der Waals surface area contributed by atoms with Gasteiger partial charge >= 0.3 is 5.97 Å². The zero-order valence-electron chi connectivity index (χ0n) is 7.71. The minimum Gasteiger partial charge on any atom is -0.448 e. The normalized spacial score (nSPS) is 12.2. The lowest BCUT2D eigenvalue weighted by molar-refractivity contribution is -0.138. The van der Waals surface area contributed by atoms with Crippen molar-refractivity contribution in [3.8, 4) is 0 Å². The van der Waals surface area contributed by atoms with Crippen LogP contribution in [0.2, 0.25) is 0 Å². The number of thioether (sulfide) groups is 1. The first-order valence-corrected chi connectivity index (χ1v) is 5.20. The molecule has 0 rings (SSSR count). The Balaban J connectivity index is 3.38. The van der Waals surface area contributed by atoms with E-state index in [1.54, 1.807) is 11.8 Å². The van der Waals surface area contributed by atoms with Crippen molar-refractivity contribution in [1.29, 1.82) is 0 Å². The predicted molar refractivity (Wildman–Crippen MR) is 53.1 cm³/mol. The number of unbranched alkanes of at least 4 members (excludes halogenated alkanes) is 1. The monoisotopic (exact) mass is 188 g/mol. The third-order valence-electron chi connectivity index (χ3n) is 1.30. The molecular formula is C9H16O2S. The molecule has 0 aromatic rings. The van der Waals surface area contributed by atoms with Gasteiger partial charge in [-0.3, -0.25) is 0 Å². The third kappa shape index (κ3) is 6.28. The average molecular weight is 188 g/mol. The van der Waals surface area contributed by atoms with Crippen LogP contribution in [0.5, 0.6) is 0 Å². The molecular weight excluding hydrogens is 172 g/mol. The van der Waals surface area contributed by atoms with Crippen molar-refractivity contribution in [2.45, 2.75) is 32.1 Å². The molecule has 0 fully saturated rings. The quantitative estimate of drug-likeness (QED) is 0.277. The summed E-state index contributed by atoms with van der Waals surface area (Å²) in [6, 6.07) is 0. The first-order valence-electron chi connectivity index (χ1n) is 4.15. The van der Waals surface area contributed by atoms with Crippen molar-refractivity contribution in [3.63, 3.8) is 0 Å². The van der Waals surface area contributed by atoms with Gasteiger partial charge in [-0.15, -0.1) is 11.8 Å². The number of carbonyl (C=O) groups is 1. The van der Waals surface area contributed by atoms with E-state index in [4.69, 9.17) is 4.74 Å². The number of carbonyl (C=O) groups excluding carboxylic acids is 1. The summed E-state index contributed by atoms with van der Waals surface area (Å²) in [5.74, 6) is 0.703. The number of esters is 1. The Morgan fingerprint density at radius 1 is 1.75 bits per heavy atom. The second kappa shape index (κ2) is 7.22. The Morgan fingerprint density at radius 2 is 2.42 bits per heavy atom. The second-order valence-corrected chi connectivity index (χ2v) is 3.84. The molecule has 1 atom stereocenters. The van der Waals surface area contributed by atoms with Gasteiger partial charge in [-0.05, 0) is 19.1 Å². The van der Waals surface area contributed by atoms with Gasteiger partial charge in [0.25, 0.3) is 0 Å². The number of hydrogen-bond acceptors (Lipinski definition) is 3. The van der Waals surface area contributed by atoms with Crippen LogP contribution in [0.1, 0.15) is 26.7 Å². The highest BCUT2D eigenvalue weighted by atomic mass is 32.2. The highest BCUT2D eigenvalue weighted by molar-refractivity contribution is 7.99. The lowest BCUT2D eigenvalue weighted by Crippen LogP contribution is -2.09. The number of hydrogen-bond donors (Lipinski definition) is 0. The van der Waals surface area contributed by atoms with Gasteiger partial charge in [-0.1, -0.05) is 19.9 Å². The second-order valence-electron chi connectivity index (χ2n) is 2.43. The number of rotatable bonds is 6. The molecule has 2 nitrogen and oxygen atoms in total. The van der Waals surface area contributed by atoms with E-state index >= 15 is 0 Å². The maximum absolute atomic E-state index is 10.7. The van der Waals surface area contributed by atoms with E-state index in [0.29, 0.717) is 0 Å². The minimum absolute atomic E-state index is 0.0537. The standard InChI is InChI=1S/C9H16O2S/c1-4-6-7-12-8(3)11-9(10)5-2/h5,8H,2,4,6-7H2,1,3H3. The van der Waals surface area contributed by atoms with E-state index in [0.717, 1.165) is 5.75 Å². The summed E-state index contributed by atoms with van der Waals surface area (Å²) in [6.45, 7) is 7.34. The van der Waals surface area contributed by atoms with Gasteiger partial charge in [-0.25, -0.2) is 4.79 Å². The zero-order valence-corrected chi connectivity index (χ0v) is 8.52. The molecule has 0 heterocycles. The van der Waals surface area contributed by atoms with Gasteiger partial charge in [0.15, 0.2) is 0 Å². The molecule has 0 spiro atoms. The summed E-state index contributed by atoms with van der Waals surface area (Å²) < 4.78 is 4.95. The van der Waals surface area contributed by atoms with Crippen LogP contribution >= 0.6 is 11.8 Å². The summed E-state index contributed by atoms with van der Waals surface area (Å²) in [5.41, 5.74) is -0.0537. The molecule has 0 radical (unpaired) electrons. The molecule has 0 saturated heterocycles. The Labute approximate surface area is 78.4 Å². The van der Waals surface area contributed by atoms with Crippen LogP contribution < -0.4 is 0 Å². The summed E-state index contributed by atoms with van der Waals surface area (Å²) in [6.07, 6.45) is 3.53. The molecule has 1 unspecified atom stereocenters. The van der Waals surface area contributed by atoms with Crippen LogP contribution in [0.15, 0.2) is 12.7 Å². The van der Waals surface area contributed by atoms with Gasteiger partial charge in [0.1, 0.15) is 5.44 Å². The summed E-state index contributed by atoms with van der Waals surface area (Å²) in [7, 11) is 0. The third-order valence-corrected chi connectivity index (χ3v) is 2.39. The molecule has 0 N–H and O–H groups in total. The molecule has 12 heavy (non-hydrogen) atoms. The SMILES string of the molecule is C=CC(=O)OC(C)SCCCC. The van der Waals surface area contributed by atoms with E-state index in [-0.39, 0.29) is 11.4 Å². The highest BCUT2D eigenvalue weighted by Crippen LogP contribution is 2.13. The van der Waals surface area contributed by atoms with Gasteiger partial charge in [-0.2, -0.15) is 0 Å². The topological polar surface area (TPSA) is 26.3 Å². The molecule has 0 aliphatic heterocycles. The molecule has 0 aromatic heterocycles. The molecule has 0 bridgehead atoms. The maximum Gasteiger partial charge on any atom is 0.331 e. The average Bonchev–Trinajstić information content (AvgIpc) is 2.05. The highest BCUT2D eigenvalue weighted by Gasteiger charge is 2.05. The van der Waals surface area contributed by atoms with Gasteiger partial charge in [0.05, 0.1) is 0 Å². The fraction of sp³-hybridized carbons (Fsp3) is 0.667. The van der Waals surface area contributed by atoms with Crippen LogP contribution in [-0.2, 0) is 9.53 Å². The largest absolute Gasteiger partial charge is 0.448 e. The summed E-state index contributed by atoms with van der Waals surface area (Å²) >= 11 is 1.65. The van der Waals surface area contributed by atoms with Crippen molar-refractivity contribution in [2.75, 3.05) is 5.75 Å². The first-order chi connectivity index (χ1) is 5.70. The summed E-state index contributed by atoms with van der Waals surface area (Å²) in [5, 5.41) is 0. The Kier molecular flexibility index (Phi) is 6.96. The number of ether oxygens (including phenoxy) is 1. The lowest BCUT2D eigenvalue weighted by Gasteiger charge is -2.10. The van der Waals surface area contributed by atoms with Crippen LogP contribution in [0, 0.1) is 0 Å². The smallest absolute Gasteiger partial charge is 0.331 e. The molecule has 0 aliphatic carbocycles. The van der Waals surface area contributed by atoms with Crippen LogP contribution in [0.25, 0.3) is 0 Å². The van der Waals surface area contributed by atoms with E-state index in [2.05, 4.69) is 13.5 Å². The van der Waals surface area contributed by atoms with Crippen molar-refractivity contribution in [3.05, 3.63) is 12.7 Å². The van der Waals surface area contributed by atoms with Crippen molar-refractivity contribution in [2.24, 2.45) is 0 Å². The molecule has 0 aliphatic rings. The van der Waals surface area contributed by atoms with Gasteiger partial charge in [0.2, 0.25) is 0 Å². The van der Waals surface area contributed by atoms with E-state index in [1.165, 1.54) is 18.9 Å². The fourth-order valence-electron chi connectivity index (χ4n) is 0.639. The van der Waals surface area contributed by atoms with Crippen LogP contribution in [0.3, 0.4) is 0 Å². The molecule has 0 aromatic carbocycles. The van der Waals surface area contributed by atoms with Crippen LogP contribution in [-0.4, -0.2) is 17.2 Å². The Morgan fingerprint density at radius 3 is 2.92 bits per heavy atom. The fourth-order valence-corrected chi connectivity index (χ4v) is 1.59. The lowest BCUT2D eigenvalue weighted by atomic mass is 10.4. The van der Waals surface area contributed by atoms with E-state index < -0.39 is 0 Å². The van der Waals surface area contributed by atoms with Gasteiger partial charge < -0.3 is 4.74 Å². The molecule has 0 saturated carbocycles.